The molecule has 2 aliphatic rings. The normalized spacial score (nSPS) is 15.8. The Morgan fingerprint density at radius 2 is 1.10 bits per heavy atom. The quantitative estimate of drug-likeness (QED) is 0.0546. The third kappa shape index (κ3) is 3.99. The van der Waals surface area contributed by atoms with E-state index in [0.717, 1.165) is 4.57 Å². The van der Waals surface area contributed by atoms with Crippen LogP contribution in [-0.4, -0.2) is 76.7 Å². The van der Waals surface area contributed by atoms with Gasteiger partial charge < -0.3 is 60.0 Å². The number of phenolic OH excluding ortho intramolecular Hbond substituents is 9. The predicted octanol–water partition coefficient (Wildman–Crippen LogP) is 3.59. The SMILES string of the molecule is [B]c1c(-c2c(C)c(C)c(O)c(O)c2C)c(O)c2c(=O)c3c(O)c(B4OC(C)(C)C(C)(C)O4)c(O)c(O)c3n3c2c1Oc1c(O)c(O)c(O)c(C)c1-3. The van der Waals surface area contributed by atoms with Crippen LogP contribution < -0.4 is 21.1 Å². The number of aromatic nitrogens is 1. The second kappa shape index (κ2) is 10.2. The molecule has 3 heterocycles. The van der Waals surface area contributed by atoms with E-state index in [-0.39, 0.29) is 50.2 Å². The fraction of sp³-hybridized carbons (Fsp3) is 0.286. The average molecular weight is 697 g/mol. The summed E-state index contributed by atoms with van der Waals surface area (Å²) in [7, 11) is 5.21. The van der Waals surface area contributed by atoms with Crippen LogP contribution in [0.4, 0.5) is 0 Å². The lowest BCUT2D eigenvalue weighted by atomic mass is 9.76. The summed E-state index contributed by atoms with van der Waals surface area (Å²) < 4.78 is 19.2. The molecule has 16 heteroatoms. The molecule has 51 heavy (non-hydrogen) atoms. The first-order valence-electron chi connectivity index (χ1n) is 15.8. The van der Waals surface area contributed by atoms with Crippen LogP contribution in [0.5, 0.6) is 63.2 Å². The van der Waals surface area contributed by atoms with Crippen LogP contribution in [0.2, 0.25) is 0 Å². The van der Waals surface area contributed by atoms with Crippen molar-refractivity contribution in [3.05, 3.63) is 32.5 Å². The molecule has 2 aliphatic heterocycles. The number of hydrogen-bond donors (Lipinski definition) is 9. The molecule has 1 saturated heterocycles. The minimum Gasteiger partial charge on any atom is -0.507 e. The largest absolute Gasteiger partial charge is 0.507 e. The summed E-state index contributed by atoms with van der Waals surface area (Å²) in [5.41, 5.74) is -4.68. The summed E-state index contributed by atoms with van der Waals surface area (Å²) in [5, 5.41) is 100.0. The molecule has 0 spiro atoms. The van der Waals surface area contributed by atoms with Gasteiger partial charge >= 0.3 is 7.12 Å². The van der Waals surface area contributed by atoms with Crippen molar-refractivity contribution in [3.63, 3.8) is 0 Å². The number of hydrogen-bond acceptors (Lipinski definition) is 13. The molecular formula is C35H33B2NO13. The topological polar surface area (TPSA) is 232 Å². The van der Waals surface area contributed by atoms with E-state index < -0.39 is 103 Å². The fourth-order valence-electron chi connectivity index (χ4n) is 7.05. The predicted molar refractivity (Wildman–Crippen MR) is 188 cm³/mol. The first-order chi connectivity index (χ1) is 23.6. The number of rotatable bonds is 2. The van der Waals surface area contributed by atoms with Gasteiger partial charge in [-0.15, -0.1) is 0 Å². The maximum atomic E-state index is 14.8. The Labute approximate surface area is 291 Å². The van der Waals surface area contributed by atoms with Gasteiger partial charge in [-0.05, 0) is 77.5 Å². The van der Waals surface area contributed by atoms with E-state index >= 15 is 0 Å². The van der Waals surface area contributed by atoms with Crippen LogP contribution >= 0.6 is 0 Å². The highest BCUT2D eigenvalue weighted by Gasteiger charge is 2.54. The van der Waals surface area contributed by atoms with E-state index in [1.54, 1.807) is 34.6 Å². The number of ether oxygens (including phenoxy) is 1. The molecule has 0 bridgehead atoms. The Morgan fingerprint density at radius 3 is 1.69 bits per heavy atom. The van der Waals surface area contributed by atoms with Gasteiger partial charge in [0, 0.05) is 16.7 Å². The molecule has 5 aromatic rings. The fourth-order valence-corrected chi connectivity index (χ4v) is 7.05. The number of aromatic hydroxyl groups is 9. The summed E-state index contributed by atoms with van der Waals surface area (Å²) in [4.78, 5) is 14.8. The molecular weight excluding hydrogens is 664 g/mol. The van der Waals surface area contributed by atoms with Gasteiger partial charge in [0.15, 0.2) is 34.5 Å². The summed E-state index contributed by atoms with van der Waals surface area (Å²) in [6, 6.07) is 0. The number of pyridine rings is 1. The molecule has 9 N–H and O–H groups in total. The zero-order valence-electron chi connectivity index (χ0n) is 28.8. The summed E-state index contributed by atoms with van der Waals surface area (Å²) in [5.74, 6) is -8.16. The summed E-state index contributed by atoms with van der Waals surface area (Å²) >= 11 is 0. The van der Waals surface area contributed by atoms with Crippen LogP contribution in [-0.2, 0) is 9.31 Å². The van der Waals surface area contributed by atoms with Crippen molar-refractivity contribution in [1.82, 2.24) is 4.57 Å². The van der Waals surface area contributed by atoms with Crippen molar-refractivity contribution in [2.75, 3.05) is 0 Å². The van der Waals surface area contributed by atoms with E-state index in [0.29, 0.717) is 5.56 Å². The monoisotopic (exact) mass is 697 g/mol. The minimum atomic E-state index is -1.50. The van der Waals surface area contributed by atoms with Crippen LogP contribution in [0, 0.1) is 27.7 Å². The Morgan fingerprint density at radius 1 is 0.569 bits per heavy atom. The molecule has 2 radical (unpaired) electrons. The van der Waals surface area contributed by atoms with Crippen molar-refractivity contribution in [1.29, 1.82) is 0 Å². The summed E-state index contributed by atoms with van der Waals surface area (Å²) in [6.07, 6.45) is 0. The molecule has 0 unspecified atom stereocenters. The van der Waals surface area contributed by atoms with Crippen molar-refractivity contribution < 1.29 is 60.0 Å². The van der Waals surface area contributed by atoms with Crippen molar-refractivity contribution in [3.8, 4) is 80.1 Å². The molecule has 7 rings (SSSR count). The number of nitrogens with zero attached hydrogens (tertiary/aromatic N) is 1. The van der Waals surface area contributed by atoms with Gasteiger partial charge in [-0.2, -0.15) is 0 Å². The molecule has 1 fully saturated rings. The lowest BCUT2D eigenvalue weighted by molar-refractivity contribution is 0.00578. The number of fused-ring (bicyclic) bond motifs is 4. The van der Waals surface area contributed by atoms with Crippen molar-refractivity contribution >= 4 is 47.7 Å². The van der Waals surface area contributed by atoms with Crippen molar-refractivity contribution in [2.45, 2.75) is 66.6 Å². The Hall–Kier alpha value is -5.60. The lowest BCUT2D eigenvalue weighted by Crippen LogP contribution is -2.41. The highest BCUT2D eigenvalue weighted by molar-refractivity contribution is 6.65. The van der Waals surface area contributed by atoms with Gasteiger partial charge in [-0.1, -0.05) is 0 Å². The van der Waals surface area contributed by atoms with Crippen molar-refractivity contribution in [2.24, 2.45) is 0 Å². The van der Waals surface area contributed by atoms with Gasteiger partial charge in [-0.3, -0.25) is 9.36 Å². The van der Waals surface area contributed by atoms with Gasteiger partial charge in [0.05, 0.1) is 27.4 Å². The highest BCUT2D eigenvalue weighted by atomic mass is 16.7. The molecule has 0 amide bonds. The van der Waals surface area contributed by atoms with E-state index in [2.05, 4.69) is 0 Å². The third-order valence-electron chi connectivity index (χ3n) is 10.8. The van der Waals surface area contributed by atoms with E-state index in [4.69, 9.17) is 21.9 Å². The van der Waals surface area contributed by atoms with E-state index in [1.807, 2.05) is 0 Å². The molecule has 0 aliphatic carbocycles. The van der Waals surface area contributed by atoms with Crippen LogP contribution in [0.15, 0.2) is 4.79 Å². The van der Waals surface area contributed by atoms with Crippen LogP contribution in [0.25, 0.3) is 38.6 Å². The van der Waals surface area contributed by atoms with Crippen LogP contribution in [0.3, 0.4) is 0 Å². The molecule has 14 nitrogen and oxygen atoms in total. The lowest BCUT2D eigenvalue weighted by Gasteiger charge is -2.32. The zero-order chi connectivity index (χ0) is 37.7. The van der Waals surface area contributed by atoms with Gasteiger partial charge in [-0.25, -0.2) is 0 Å². The maximum absolute atomic E-state index is 14.8. The number of phenols is 9. The van der Waals surface area contributed by atoms with Crippen LogP contribution in [0.1, 0.15) is 49.9 Å². The zero-order valence-corrected chi connectivity index (χ0v) is 28.8. The molecule has 262 valence electrons. The Kier molecular flexibility index (Phi) is 6.80. The third-order valence-corrected chi connectivity index (χ3v) is 10.8. The first kappa shape index (κ1) is 33.9. The van der Waals surface area contributed by atoms with Gasteiger partial charge in [0.1, 0.15) is 41.8 Å². The number of benzene rings is 4. The smallest absolute Gasteiger partial charge is 0.502 e. The second-order valence-electron chi connectivity index (χ2n) is 14.0. The van der Waals surface area contributed by atoms with E-state index in [9.17, 15) is 50.8 Å². The summed E-state index contributed by atoms with van der Waals surface area (Å²) in [6.45, 7) is 12.7. The Bertz CT molecular complexity index is 2490. The first-order valence-corrected chi connectivity index (χ1v) is 15.8. The second-order valence-corrected chi connectivity index (χ2v) is 14.0. The molecule has 4 aromatic carbocycles. The standard InChI is InChI=1S/C35H33B2NO13/c1-9-10(2)22(39)23(40)11(3)13(9)14-17(36)32-21-16(25(14)42)26(43)15-20(38(21)19-12(4)24(41)30(47)31(48)33(19)49-32)29(46)28(45)18(27(15)44)37-50-34(5,6)35(7,8)51-37/h39-42,44-48H,1-8H3. The average Bonchev–Trinajstić information content (AvgIpc) is 3.28. The van der Waals surface area contributed by atoms with E-state index in [1.165, 1.54) is 20.8 Å². The molecule has 1 aromatic heterocycles. The highest BCUT2D eigenvalue weighted by Crippen LogP contribution is 2.57. The van der Waals surface area contributed by atoms with Gasteiger partial charge in [0.25, 0.3) is 0 Å². The molecule has 0 saturated carbocycles. The maximum Gasteiger partial charge on any atom is 0.502 e. The van der Waals surface area contributed by atoms with Gasteiger partial charge in [0.2, 0.25) is 16.9 Å². The molecule has 0 atom stereocenters. The minimum absolute atomic E-state index is 0.0659. The Balaban J connectivity index is 1.76.